The summed E-state index contributed by atoms with van der Waals surface area (Å²) in [5, 5.41) is 3.46. The van der Waals surface area contributed by atoms with E-state index in [1.807, 2.05) is 18.3 Å². The molecule has 1 aromatic heterocycles. The Morgan fingerprint density at radius 1 is 1.29 bits per heavy atom. The van der Waals surface area contributed by atoms with Crippen LogP contribution in [-0.2, 0) is 6.54 Å². The van der Waals surface area contributed by atoms with Crippen LogP contribution in [0, 0.1) is 5.82 Å². The van der Waals surface area contributed by atoms with E-state index in [2.05, 4.69) is 29.8 Å². The van der Waals surface area contributed by atoms with Crippen LogP contribution in [0.15, 0.2) is 36.5 Å². The zero-order chi connectivity index (χ0) is 15.2. The first-order valence-electron chi connectivity index (χ1n) is 7.37. The van der Waals surface area contributed by atoms with Gasteiger partial charge >= 0.3 is 0 Å². The molecule has 0 bridgehead atoms. The molecule has 21 heavy (non-hydrogen) atoms. The SMILES string of the molecule is CCCNC(C)c1cccn1Cc1cccc(OC)c1F. The molecule has 0 radical (unpaired) electrons. The van der Waals surface area contributed by atoms with Gasteiger partial charge in [-0.1, -0.05) is 19.1 Å². The van der Waals surface area contributed by atoms with Crippen molar-refractivity contribution >= 4 is 0 Å². The molecular formula is C17H23FN2O. The van der Waals surface area contributed by atoms with Crippen LogP contribution in [0.1, 0.15) is 37.6 Å². The number of methoxy groups -OCH3 is 1. The highest BCUT2D eigenvalue weighted by Gasteiger charge is 2.13. The van der Waals surface area contributed by atoms with E-state index in [1.54, 1.807) is 12.1 Å². The first kappa shape index (κ1) is 15.6. The normalized spacial score (nSPS) is 12.4. The first-order chi connectivity index (χ1) is 10.2. The number of nitrogens with one attached hydrogen (secondary N) is 1. The molecule has 4 heteroatoms. The maximum atomic E-state index is 14.2. The summed E-state index contributed by atoms with van der Waals surface area (Å²) < 4.78 is 21.4. The Hall–Kier alpha value is -1.81. The highest BCUT2D eigenvalue weighted by Crippen LogP contribution is 2.22. The predicted molar refractivity (Wildman–Crippen MR) is 83.2 cm³/mol. The molecule has 0 saturated carbocycles. The smallest absolute Gasteiger partial charge is 0.170 e. The van der Waals surface area contributed by atoms with Crippen LogP contribution < -0.4 is 10.1 Å². The fourth-order valence-electron chi connectivity index (χ4n) is 2.45. The van der Waals surface area contributed by atoms with Crippen molar-refractivity contribution in [3.05, 3.63) is 53.6 Å². The summed E-state index contributed by atoms with van der Waals surface area (Å²) in [6.45, 7) is 5.75. The summed E-state index contributed by atoms with van der Waals surface area (Å²) >= 11 is 0. The predicted octanol–water partition coefficient (Wildman–Crippen LogP) is 3.74. The van der Waals surface area contributed by atoms with Gasteiger partial charge < -0.3 is 14.6 Å². The molecule has 114 valence electrons. The van der Waals surface area contributed by atoms with Crippen molar-refractivity contribution in [3.8, 4) is 5.75 Å². The van der Waals surface area contributed by atoms with Crippen molar-refractivity contribution in [1.82, 2.24) is 9.88 Å². The van der Waals surface area contributed by atoms with E-state index in [0.717, 1.165) is 18.7 Å². The van der Waals surface area contributed by atoms with Gasteiger partial charge in [0.25, 0.3) is 0 Å². The largest absolute Gasteiger partial charge is 0.494 e. The van der Waals surface area contributed by atoms with E-state index in [0.29, 0.717) is 17.9 Å². The van der Waals surface area contributed by atoms with Crippen LogP contribution in [0.5, 0.6) is 5.75 Å². The lowest BCUT2D eigenvalue weighted by Crippen LogP contribution is -2.22. The molecule has 1 aromatic carbocycles. The maximum absolute atomic E-state index is 14.2. The number of aromatic nitrogens is 1. The van der Waals surface area contributed by atoms with Crippen molar-refractivity contribution < 1.29 is 9.13 Å². The second-order valence-electron chi connectivity index (χ2n) is 5.17. The minimum atomic E-state index is -0.283. The van der Waals surface area contributed by atoms with Gasteiger partial charge in [0, 0.05) is 23.5 Å². The van der Waals surface area contributed by atoms with Gasteiger partial charge in [-0.25, -0.2) is 4.39 Å². The Bertz CT molecular complexity index is 580. The van der Waals surface area contributed by atoms with Crippen LogP contribution in [0.3, 0.4) is 0 Å². The van der Waals surface area contributed by atoms with Gasteiger partial charge in [0.2, 0.25) is 0 Å². The quantitative estimate of drug-likeness (QED) is 0.840. The van der Waals surface area contributed by atoms with E-state index in [9.17, 15) is 4.39 Å². The van der Waals surface area contributed by atoms with Crippen molar-refractivity contribution in [1.29, 1.82) is 0 Å². The van der Waals surface area contributed by atoms with Crippen molar-refractivity contribution in [2.24, 2.45) is 0 Å². The fourth-order valence-corrected chi connectivity index (χ4v) is 2.45. The number of benzene rings is 1. The van der Waals surface area contributed by atoms with Crippen LogP contribution in [0.2, 0.25) is 0 Å². The summed E-state index contributed by atoms with van der Waals surface area (Å²) in [5.41, 5.74) is 1.79. The number of hydrogen-bond donors (Lipinski definition) is 1. The average Bonchev–Trinajstić information content (AvgIpc) is 2.95. The second kappa shape index (κ2) is 7.27. The average molecular weight is 290 g/mol. The molecule has 2 aromatic rings. The van der Waals surface area contributed by atoms with E-state index in [4.69, 9.17) is 4.74 Å². The van der Waals surface area contributed by atoms with Gasteiger partial charge in [-0.2, -0.15) is 0 Å². The molecule has 1 unspecified atom stereocenters. The Morgan fingerprint density at radius 2 is 2.10 bits per heavy atom. The van der Waals surface area contributed by atoms with Crippen molar-refractivity contribution in [2.75, 3.05) is 13.7 Å². The molecule has 0 fully saturated rings. The third kappa shape index (κ3) is 3.64. The second-order valence-corrected chi connectivity index (χ2v) is 5.17. The Kier molecular flexibility index (Phi) is 5.39. The molecule has 1 atom stereocenters. The molecule has 0 amide bonds. The zero-order valence-electron chi connectivity index (χ0n) is 12.9. The third-order valence-electron chi connectivity index (χ3n) is 3.61. The number of ether oxygens (including phenoxy) is 1. The van der Waals surface area contributed by atoms with Gasteiger partial charge in [-0.3, -0.25) is 0 Å². The summed E-state index contributed by atoms with van der Waals surface area (Å²) in [5.74, 6) is 0.00665. The summed E-state index contributed by atoms with van der Waals surface area (Å²) in [4.78, 5) is 0. The molecule has 0 aliphatic carbocycles. The van der Waals surface area contributed by atoms with Crippen molar-refractivity contribution in [2.45, 2.75) is 32.9 Å². The monoisotopic (exact) mass is 290 g/mol. The van der Waals surface area contributed by atoms with Gasteiger partial charge in [-0.15, -0.1) is 0 Å². The Balaban J connectivity index is 2.19. The number of nitrogens with zero attached hydrogens (tertiary/aromatic N) is 1. The number of halogens is 1. The summed E-state index contributed by atoms with van der Waals surface area (Å²) in [7, 11) is 1.49. The molecule has 0 aliphatic rings. The number of hydrogen-bond acceptors (Lipinski definition) is 2. The number of rotatable bonds is 7. The molecule has 0 saturated heterocycles. The summed E-state index contributed by atoms with van der Waals surface area (Å²) in [6, 6.07) is 9.57. The lowest BCUT2D eigenvalue weighted by molar-refractivity contribution is 0.383. The van der Waals surface area contributed by atoms with Gasteiger partial charge in [0.05, 0.1) is 13.7 Å². The van der Waals surface area contributed by atoms with E-state index in [1.165, 1.54) is 7.11 Å². The van der Waals surface area contributed by atoms with Crippen molar-refractivity contribution in [3.63, 3.8) is 0 Å². The molecular weight excluding hydrogens is 267 g/mol. The fraction of sp³-hybridized carbons (Fsp3) is 0.412. The van der Waals surface area contributed by atoms with Crippen LogP contribution in [-0.4, -0.2) is 18.2 Å². The van der Waals surface area contributed by atoms with Crippen LogP contribution >= 0.6 is 0 Å². The van der Waals surface area contributed by atoms with Gasteiger partial charge in [0.1, 0.15) is 0 Å². The molecule has 2 rings (SSSR count). The maximum Gasteiger partial charge on any atom is 0.170 e. The van der Waals surface area contributed by atoms with Crippen LogP contribution in [0.4, 0.5) is 4.39 Å². The lowest BCUT2D eigenvalue weighted by Gasteiger charge is -2.17. The molecule has 3 nitrogen and oxygen atoms in total. The van der Waals surface area contributed by atoms with Gasteiger partial charge in [0.15, 0.2) is 11.6 Å². The lowest BCUT2D eigenvalue weighted by atomic mass is 10.1. The first-order valence-corrected chi connectivity index (χ1v) is 7.37. The highest BCUT2D eigenvalue weighted by atomic mass is 19.1. The third-order valence-corrected chi connectivity index (χ3v) is 3.61. The minimum Gasteiger partial charge on any atom is -0.494 e. The van der Waals surface area contributed by atoms with Crippen LogP contribution in [0.25, 0.3) is 0 Å². The molecule has 0 aliphatic heterocycles. The molecule has 1 N–H and O–H groups in total. The minimum absolute atomic E-state index is 0.244. The standard InChI is InChI=1S/C17H23FN2O/c1-4-10-19-13(2)15-8-6-11-20(15)12-14-7-5-9-16(21-3)17(14)18/h5-9,11,13,19H,4,10,12H2,1-3H3. The van der Waals surface area contributed by atoms with E-state index < -0.39 is 0 Å². The van der Waals surface area contributed by atoms with Gasteiger partial charge in [-0.05, 0) is 38.1 Å². The highest BCUT2D eigenvalue weighted by molar-refractivity contribution is 5.31. The Morgan fingerprint density at radius 3 is 2.81 bits per heavy atom. The topological polar surface area (TPSA) is 26.2 Å². The molecule has 1 heterocycles. The van der Waals surface area contributed by atoms with E-state index in [-0.39, 0.29) is 11.9 Å². The van der Waals surface area contributed by atoms with E-state index >= 15 is 0 Å². The zero-order valence-corrected chi connectivity index (χ0v) is 12.9. The molecule has 0 spiro atoms. The summed E-state index contributed by atoms with van der Waals surface area (Å²) in [6.07, 6.45) is 3.08. The Labute approximate surface area is 125 Å².